The number of amides is 2. The Labute approximate surface area is 138 Å². The number of phenols is 1. The van der Waals surface area contributed by atoms with Crippen molar-refractivity contribution in [1.82, 2.24) is 10.2 Å². The fourth-order valence-corrected chi connectivity index (χ4v) is 2.45. The molecular weight excluding hydrogens is 320 g/mol. The summed E-state index contributed by atoms with van der Waals surface area (Å²) in [6, 6.07) is 2.99. The van der Waals surface area contributed by atoms with Crippen LogP contribution in [0.2, 0.25) is 0 Å². The Morgan fingerprint density at radius 2 is 1.83 bits per heavy atom. The van der Waals surface area contributed by atoms with Crippen molar-refractivity contribution in [3.8, 4) is 17.2 Å². The number of phenolic OH excluding ortho intramolecular Hbond substituents is 1. The summed E-state index contributed by atoms with van der Waals surface area (Å²) in [5, 5.41) is 12.4. The Hall–Kier alpha value is -2.61. The fraction of sp³-hybridized carbons (Fsp3) is 0.267. The van der Waals surface area contributed by atoms with Crippen LogP contribution in [0.3, 0.4) is 0 Å². The molecule has 1 aromatic rings. The van der Waals surface area contributed by atoms with Crippen LogP contribution in [0.15, 0.2) is 17.7 Å². The van der Waals surface area contributed by atoms with Crippen LogP contribution in [0.5, 0.6) is 17.2 Å². The number of hydrogen-bond acceptors (Lipinski definition) is 6. The van der Waals surface area contributed by atoms with Gasteiger partial charge < -0.3 is 14.6 Å². The van der Waals surface area contributed by atoms with Crippen molar-refractivity contribution in [2.75, 3.05) is 20.8 Å². The third kappa shape index (κ3) is 3.11. The highest BCUT2D eigenvalue weighted by Crippen LogP contribution is 2.37. The number of thiocarbonyl (C=S) groups is 1. The summed E-state index contributed by atoms with van der Waals surface area (Å²) < 4.78 is 10.1. The molecule has 0 saturated carbocycles. The molecule has 1 saturated heterocycles. The average molecular weight is 336 g/mol. The molecule has 0 aromatic heterocycles. The first-order valence-electron chi connectivity index (χ1n) is 6.76. The van der Waals surface area contributed by atoms with Gasteiger partial charge in [-0.25, -0.2) is 0 Å². The van der Waals surface area contributed by atoms with Gasteiger partial charge in [0.15, 0.2) is 16.6 Å². The molecule has 2 amide bonds. The second kappa shape index (κ2) is 6.66. The van der Waals surface area contributed by atoms with Gasteiger partial charge in [-0.2, -0.15) is 0 Å². The third-order valence-electron chi connectivity index (χ3n) is 3.32. The van der Waals surface area contributed by atoms with E-state index >= 15 is 0 Å². The van der Waals surface area contributed by atoms with E-state index in [0.717, 1.165) is 0 Å². The Morgan fingerprint density at radius 3 is 2.30 bits per heavy atom. The predicted octanol–water partition coefficient (Wildman–Crippen LogP) is 1.06. The molecule has 1 aromatic carbocycles. The van der Waals surface area contributed by atoms with Crippen molar-refractivity contribution in [3.63, 3.8) is 0 Å². The van der Waals surface area contributed by atoms with Gasteiger partial charge in [0.2, 0.25) is 5.75 Å². The number of nitrogens with one attached hydrogen (secondary N) is 1. The van der Waals surface area contributed by atoms with Crippen molar-refractivity contribution in [3.05, 3.63) is 23.3 Å². The molecule has 0 radical (unpaired) electrons. The maximum atomic E-state index is 12.4. The van der Waals surface area contributed by atoms with Gasteiger partial charge >= 0.3 is 0 Å². The van der Waals surface area contributed by atoms with Crippen molar-refractivity contribution in [2.24, 2.45) is 0 Å². The second-order valence-electron chi connectivity index (χ2n) is 4.64. The first-order chi connectivity index (χ1) is 10.9. The van der Waals surface area contributed by atoms with Crippen molar-refractivity contribution < 1.29 is 24.2 Å². The SMILES string of the molecule is CCN1C(=O)/C(=C\c2cc(OC)c(O)c(OC)c2)C(=O)NC1=S. The normalized spacial score (nSPS) is 16.6. The van der Waals surface area contributed by atoms with Crippen LogP contribution in [0.1, 0.15) is 12.5 Å². The fourth-order valence-electron chi connectivity index (χ4n) is 2.14. The maximum absolute atomic E-state index is 12.4. The molecule has 7 nitrogen and oxygen atoms in total. The molecule has 0 bridgehead atoms. The standard InChI is InChI=1S/C15H16N2O5S/c1-4-17-14(20)9(13(19)16-15(17)23)5-8-6-10(21-2)12(18)11(7-8)22-3/h5-7,18H,4H2,1-3H3,(H,16,19,23)/b9-5-. The number of carbonyl (C=O) groups is 2. The van der Waals surface area contributed by atoms with E-state index in [0.29, 0.717) is 12.1 Å². The monoisotopic (exact) mass is 336 g/mol. The van der Waals surface area contributed by atoms with Crippen LogP contribution in [0.4, 0.5) is 0 Å². The minimum atomic E-state index is -0.573. The molecular formula is C15H16N2O5S. The lowest BCUT2D eigenvalue weighted by atomic mass is 10.1. The molecule has 1 fully saturated rings. The zero-order chi connectivity index (χ0) is 17.1. The molecule has 23 heavy (non-hydrogen) atoms. The van der Waals surface area contributed by atoms with E-state index in [1.54, 1.807) is 6.92 Å². The van der Waals surface area contributed by atoms with Crippen LogP contribution < -0.4 is 14.8 Å². The molecule has 0 atom stereocenters. The Bertz CT molecular complexity index is 689. The third-order valence-corrected chi connectivity index (χ3v) is 3.64. The van der Waals surface area contributed by atoms with Crippen LogP contribution in [-0.4, -0.2) is 47.7 Å². The molecule has 0 unspecified atom stereocenters. The number of methoxy groups -OCH3 is 2. The molecule has 1 aliphatic heterocycles. The lowest BCUT2D eigenvalue weighted by Crippen LogP contribution is -2.53. The second-order valence-corrected chi connectivity index (χ2v) is 5.03. The van der Waals surface area contributed by atoms with E-state index in [2.05, 4.69) is 5.32 Å². The number of aromatic hydroxyl groups is 1. The lowest BCUT2D eigenvalue weighted by Gasteiger charge is -2.27. The molecule has 1 heterocycles. The first-order valence-corrected chi connectivity index (χ1v) is 7.17. The molecule has 2 rings (SSSR count). The summed E-state index contributed by atoms with van der Waals surface area (Å²) in [6.45, 7) is 2.10. The molecule has 8 heteroatoms. The van der Waals surface area contributed by atoms with E-state index in [4.69, 9.17) is 21.7 Å². The highest BCUT2D eigenvalue weighted by molar-refractivity contribution is 7.80. The van der Waals surface area contributed by atoms with Crippen LogP contribution in [0, 0.1) is 0 Å². The van der Waals surface area contributed by atoms with Gasteiger partial charge in [0, 0.05) is 6.54 Å². The molecule has 0 spiro atoms. The van der Waals surface area contributed by atoms with E-state index in [1.807, 2.05) is 0 Å². The molecule has 2 N–H and O–H groups in total. The topological polar surface area (TPSA) is 88.1 Å². The van der Waals surface area contributed by atoms with E-state index in [-0.39, 0.29) is 27.9 Å². The van der Waals surface area contributed by atoms with E-state index in [1.165, 1.54) is 37.3 Å². The zero-order valence-corrected chi connectivity index (χ0v) is 13.7. The van der Waals surface area contributed by atoms with Crippen molar-refractivity contribution in [2.45, 2.75) is 6.92 Å². The molecule has 122 valence electrons. The van der Waals surface area contributed by atoms with E-state index in [9.17, 15) is 14.7 Å². The Morgan fingerprint density at radius 1 is 1.26 bits per heavy atom. The van der Waals surface area contributed by atoms with Gasteiger partial charge in [0.25, 0.3) is 11.8 Å². The summed E-state index contributed by atoms with van der Waals surface area (Å²) in [5.41, 5.74) is 0.411. The number of nitrogens with zero attached hydrogens (tertiary/aromatic N) is 1. The van der Waals surface area contributed by atoms with Gasteiger partial charge in [-0.15, -0.1) is 0 Å². The number of carbonyl (C=O) groups excluding carboxylic acids is 2. The quantitative estimate of drug-likeness (QED) is 0.486. The summed E-state index contributed by atoms with van der Waals surface area (Å²) in [6.07, 6.45) is 1.40. The van der Waals surface area contributed by atoms with E-state index < -0.39 is 11.8 Å². The van der Waals surface area contributed by atoms with Gasteiger partial charge in [-0.1, -0.05) is 0 Å². The smallest absolute Gasteiger partial charge is 0.265 e. The summed E-state index contributed by atoms with van der Waals surface area (Å²) in [4.78, 5) is 25.7. The van der Waals surface area contributed by atoms with Gasteiger partial charge in [0.05, 0.1) is 14.2 Å². The van der Waals surface area contributed by atoms with Gasteiger partial charge in [-0.05, 0) is 42.9 Å². The van der Waals surface area contributed by atoms with Gasteiger partial charge in [0.1, 0.15) is 5.57 Å². The minimum Gasteiger partial charge on any atom is -0.502 e. The summed E-state index contributed by atoms with van der Waals surface area (Å²) in [7, 11) is 2.78. The summed E-state index contributed by atoms with van der Waals surface area (Å²) in [5.74, 6) is -0.874. The predicted molar refractivity (Wildman–Crippen MR) is 87.3 cm³/mol. The van der Waals surface area contributed by atoms with Crippen molar-refractivity contribution >= 4 is 35.2 Å². The minimum absolute atomic E-state index is 0.0600. The molecule has 0 aliphatic carbocycles. The zero-order valence-electron chi connectivity index (χ0n) is 12.9. The Kier molecular flexibility index (Phi) is 4.85. The summed E-state index contributed by atoms with van der Waals surface area (Å²) >= 11 is 4.97. The maximum Gasteiger partial charge on any atom is 0.265 e. The van der Waals surface area contributed by atoms with Crippen LogP contribution in [-0.2, 0) is 9.59 Å². The lowest BCUT2D eigenvalue weighted by molar-refractivity contribution is -0.128. The first kappa shape index (κ1) is 16.8. The highest BCUT2D eigenvalue weighted by atomic mass is 32.1. The number of benzene rings is 1. The average Bonchev–Trinajstić information content (AvgIpc) is 2.52. The largest absolute Gasteiger partial charge is 0.502 e. The number of hydrogen-bond donors (Lipinski definition) is 2. The number of ether oxygens (including phenoxy) is 2. The van der Waals surface area contributed by atoms with Crippen LogP contribution in [0.25, 0.3) is 6.08 Å². The highest BCUT2D eigenvalue weighted by Gasteiger charge is 2.32. The van der Waals surface area contributed by atoms with Crippen molar-refractivity contribution in [1.29, 1.82) is 0 Å². The number of rotatable bonds is 4. The Balaban J connectivity index is 2.50. The molecule has 1 aliphatic rings. The van der Waals surface area contributed by atoms with Gasteiger partial charge in [-0.3, -0.25) is 19.8 Å². The van der Waals surface area contributed by atoms with Crippen LogP contribution >= 0.6 is 12.2 Å². The number of likely N-dealkylation sites (N-methyl/N-ethyl adjacent to an activating group) is 1.